The summed E-state index contributed by atoms with van der Waals surface area (Å²) in [5.41, 5.74) is 1.52. The Morgan fingerprint density at radius 1 is 1.43 bits per heavy atom. The highest BCUT2D eigenvalue weighted by Gasteiger charge is 2.13. The van der Waals surface area contributed by atoms with Crippen molar-refractivity contribution in [3.8, 4) is 5.75 Å². The monoisotopic (exact) mass is 290 g/mol. The number of nitro groups is 1. The Morgan fingerprint density at radius 2 is 2.14 bits per heavy atom. The number of phenols is 1. The Labute approximate surface area is 120 Å². The number of rotatable bonds is 4. The molecule has 0 atom stereocenters. The van der Waals surface area contributed by atoms with Gasteiger partial charge in [-0.05, 0) is 26.0 Å². The lowest BCUT2D eigenvalue weighted by Crippen LogP contribution is -2.20. The molecule has 0 aliphatic rings. The lowest BCUT2D eigenvalue weighted by molar-refractivity contribution is -0.384. The summed E-state index contributed by atoms with van der Waals surface area (Å²) in [6.07, 6.45) is 0. The molecule has 1 aromatic heterocycles. The maximum Gasteiger partial charge on any atom is 0.273 e. The lowest BCUT2D eigenvalue weighted by atomic mass is 10.2. The van der Waals surface area contributed by atoms with Gasteiger partial charge in [0.2, 0.25) is 5.91 Å². The van der Waals surface area contributed by atoms with E-state index in [4.69, 9.17) is 0 Å². The number of non-ortho nitro benzene ring substituents is 1. The molecule has 0 saturated carbocycles. The molecule has 0 spiro atoms. The van der Waals surface area contributed by atoms with Crippen LogP contribution in [-0.2, 0) is 11.3 Å². The smallest absolute Gasteiger partial charge is 0.273 e. The number of hydrogen-bond donors (Lipinski definition) is 2. The number of carbonyl (C=O) groups excluding carboxylic acids is 1. The molecule has 1 aromatic carbocycles. The molecule has 2 N–H and O–H groups in total. The number of benzene rings is 1. The predicted molar refractivity (Wildman–Crippen MR) is 75.1 cm³/mol. The van der Waals surface area contributed by atoms with Crippen LogP contribution in [-0.4, -0.2) is 25.7 Å². The van der Waals surface area contributed by atoms with E-state index in [0.29, 0.717) is 0 Å². The summed E-state index contributed by atoms with van der Waals surface area (Å²) in [6, 6.07) is 5.32. The molecular weight excluding hydrogens is 276 g/mol. The zero-order chi connectivity index (χ0) is 15.6. The van der Waals surface area contributed by atoms with Gasteiger partial charge in [-0.2, -0.15) is 5.10 Å². The van der Waals surface area contributed by atoms with Crippen LogP contribution < -0.4 is 5.32 Å². The Kier molecular flexibility index (Phi) is 3.88. The second kappa shape index (κ2) is 5.61. The standard InChI is InChI=1S/C13H14N4O4/c1-8-5-9(2)16(15-8)7-13(19)14-11-4-3-10(17(20)21)6-12(11)18/h3-6,18H,7H2,1-2H3,(H,14,19). The topological polar surface area (TPSA) is 110 Å². The van der Waals surface area contributed by atoms with E-state index in [1.807, 2.05) is 19.9 Å². The van der Waals surface area contributed by atoms with Crippen LogP contribution in [0.1, 0.15) is 11.4 Å². The van der Waals surface area contributed by atoms with Gasteiger partial charge >= 0.3 is 0 Å². The molecule has 2 rings (SSSR count). The highest BCUT2D eigenvalue weighted by Crippen LogP contribution is 2.27. The van der Waals surface area contributed by atoms with Crippen molar-refractivity contribution in [2.75, 3.05) is 5.32 Å². The number of phenolic OH excluding ortho intramolecular Hbond substituents is 1. The van der Waals surface area contributed by atoms with Gasteiger partial charge < -0.3 is 10.4 Å². The van der Waals surface area contributed by atoms with Crippen LogP contribution in [0.5, 0.6) is 5.75 Å². The van der Waals surface area contributed by atoms with Gasteiger partial charge in [-0.1, -0.05) is 0 Å². The summed E-state index contributed by atoms with van der Waals surface area (Å²) >= 11 is 0. The number of carbonyl (C=O) groups is 1. The number of anilines is 1. The van der Waals surface area contributed by atoms with Crippen LogP contribution in [0.25, 0.3) is 0 Å². The number of aromatic hydroxyl groups is 1. The number of nitrogens with zero attached hydrogens (tertiary/aromatic N) is 3. The minimum absolute atomic E-state index is 0.00387. The first-order valence-corrected chi connectivity index (χ1v) is 6.15. The van der Waals surface area contributed by atoms with Crippen molar-refractivity contribution in [3.63, 3.8) is 0 Å². The van der Waals surface area contributed by atoms with Crippen LogP contribution in [0.4, 0.5) is 11.4 Å². The fourth-order valence-corrected chi connectivity index (χ4v) is 1.90. The molecular formula is C13H14N4O4. The van der Waals surface area contributed by atoms with Gasteiger partial charge in [-0.3, -0.25) is 19.6 Å². The zero-order valence-corrected chi connectivity index (χ0v) is 11.5. The molecule has 0 bridgehead atoms. The normalized spacial score (nSPS) is 10.4. The Hall–Kier alpha value is -2.90. The second-order valence-electron chi connectivity index (χ2n) is 4.59. The molecule has 1 heterocycles. The maximum atomic E-state index is 11.9. The van der Waals surface area contributed by atoms with Gasteiger partial charge in [0.05, 0.1) is 22.4 Å². The first kappa shape index (κ1) is 14.5. The molecule has 0 fully saturated rings. The molecule has 110 valence electrons. The molecule has 21 heavy (non-hydrogen) atoms. The first-order chi connectivity index (χ1) is 9.86. The zero-order valence-electron chi connectivity index (χ0n) is 11.5. The van der Waals surface area contributed by atoms with Crippen molar-refractivity contribution >= 4 is 17.3 Å². The largest absolute Gasteiger partial charge is 0.506 e. The minimum atomic E-state index is -0.624. The number of nitro benzene ring substituents is 1. The van der Waals surface area contributed by atoms with E-state index < -0.39 is 4.92 Å². The molecule has 0 saturated heterocycles. The fourth-order valence-electron chi connectivity index (χ4n) is 1.90. The number of aromatic nitrogens is 2. The molecule has 0 aliphatic carbocycles. The van der Waals surface area contributed by atoms with Crippen molar-refractivity contribution in [2.45, 2.75) is 20.4 Å². The van der Waals surface area contributed by atoms with E-state index in [1.54, 1.807) is 0 Å². The summed E-state index contributed by atoms with van der Waals surface area (Å²) in [4.78, 5) is 21.8. The van der Waals surface area contributed by atoms with Crippen LogP contribution >= 0.6 is 0 Å². The van der Waals surface area contributed by atoms with Crippen LogP contribution in [0.15, 0.2) is 24.3 Å². The highest BCUT2D eigenvalue weighted by atomic mass is 16.6. The number of hydrogen-bond acceptors (Lipinski definition) is 5. The second-order valence-corrected chi connectivity index (χ2v) is 4.59. The SMILES string of the molecule is Cc1cc(C)n(CC(=O)Nc2ccc([N+](=O)[O-])cc2O)n1. The van der Waals surface area contributed by atoms with Crippen LogP contribution in [0.2, 0.25) is 0 Å². The number of amides is 1. The third-order valence-electron chi connectivity index (χ3n) is 2.86. The van der Waals surface area contributed by atoms with Crippen molar-refractivity contribution < 1.29 is 14.8 Å². The van der Waals surface area contributed by atoms with Gasteiger partial charge in [-0.25, -0.2) is 0 Å². The maximum absolute atomic E-state index is 11.9. The van der Waals surface area contributed by atoms with Crippen molar-refractivity contribution in [1.29, 1.82) is 0 Å². The fraction of sp³-hybridized carbons (Fsp3) is 0.231. The average molecular weight is 290 g/mol. The number of nitrogens with one attached hydrogen (secondary N) is 1. The number of aryl methyl sites for hydroxylation is 2. The van der Waals surface area contributed by atoms with Gasteiger partial charge in [-0.15, -0.1) is 0 Å². The van der Waals surface area contributed by atoms with E-state index in [2.05, 4.69) is 10.4 Å². The van der Waals surface area contributed by atoms with Crippen molar-refractivity contribution in [1.82, 2.24) is 9.78 Å². The third kappa shape index (κ3) is 3.35. The predicted octanol–water partition coefficient (Wildman–Crippen LogP) is 1.75. The molecule has 8 heteroatoms. The average Bonchev–Trinajstić information content (AvgIpc) is 2.70. The van der Waals surface area contributed by atoms with E-state index in [-0.39, 0.29) is 29.6 Å². The van der Waals surface area contributed by atoms with Crippen molar-refractivity contribution in [3.05, 3.63) is 45.8 Å². The van der Waals surface area contributed by atoms with Gasteiger partial charge in [0.1, 0.15) is 12.3 Å². The van der Waals surface area contributed by atoms with E-state index in [0.717, 1.165) is 17.5 Å². The molecule has 0 unspecified atom stereocenters. The minimum Gasteiger partial charge on any atom is -0.506 e. The molecule has 2 aromatic rings. The Balaban J connectivity index is 2.09. The summed E-state index contributed by atoms with van der Waals surface area (Å²) in [6.45, 7) is 3.65. The quantitative estimate of drug-likeness (QED) is 0.506. The van der Waals surface area contributed by atoms with Gasteiger partial charge in [0, 0.05) is 11.8 Å². The molecule has 0 radical (unpaired) electrons. The summed E-state index contributed by atoms with van der Waals surface area (Å²) < 4.78 is 1.53. The summed E-state index contributed by atoms with van der Waals surface area (Å²) in [5, 5.41) is 26.9. The van der Waals surface area contributed by atoms with Crippen LogP contribution in [0.3, 0.4) is 0 Å². The van der Waals surface area contributed by atoms with Gasteiger partial charge in [0.15, 0.2) is 0 Å². The summed E-state index contributed by atoms with van der Waals surface area (Å²) in [5.74, 6) is -0.740. The van der Waals surface area contributed by atoms with E-state index in [9.17, 15) is 20.0 Å². The third-order valence-corrected chi connectivity index (χ3v) is 2.86. The van der Waals surface area contributed by atoms with Crippen molar-refractivity contribution in [2.24, 2.45) is 0 Å². The molecule has 0 aliphatic heterocycles. The summed E-state index contributed by atoms with van der Waals surface area (Å²) in [7, 11) is 0. The van der Waals surface area contributed by atoms with E-state index in [1.165, 1.54) is 16.8 Å². The molecule has 8 nitrogen and oxygen atoms in total. The van der Waals surface area contributed by atoms with E-state index >= 15 is 0 Å². The van der Waals surface area contributed by atoms with Gasteiger partial charge in [0.25, 0.3) is 5.69 Å². The van der Waals surface area contributed by atoms with Crippen LogP contribution in [0, 0.1) is 24.0 Å². The Morgan fingerprint density at radius 3 is 2.67 bits per heavy atom. The lowest BCUT2D eigenvalue weighted by Gasteiger charge is -2.08. The Bertz CT molecular complexity index is 708. The highest BCUT2D eigenvalue weighted by molar-refractivity contribution is 5.92. The first-order valence-electron chi connectivity index (χ1n) is 6.15. The molecule has 1 amide bonds.